The van der Waals surface area contributed by atoms with Crippen LogP contribution in [0, 0.1) is 11.8 Å². The Morgan fingerprint density at radius 2 is 1.43 bits per heavy atom. The molecule has 3 N–H and O–H groups in total. The molecule has 1 atom stereocenters. The van der Waals surface area contributed by atoms with E-state index in [4.69, 9.17) is 5.73 Å². The highest BCUT2D eigenvalue weighted by Crippen LogP contribution is 2.04. The number of aliphatic hydroxyl groups is 1. The highest BCUT2D eigenvalue weighted by atomic mass is 16.3. The number of aliphatic hydroxyl groups excluding tert-OH is 1. The molecular weight excluding hydrogens is 176 g/mol. The molecule has 0 aromatic rings. The van der Waals surface area contributed by atoms with E-state index in [1.165, 1.54) is 0 Å². The fraction of sp³-hybridized carbons (Fsp3) is 1.00. The lowest BCUT2D eigenvalue weighted by molar-refractivity contribution is 0.104. The minimum absolute atomic E-state index is 0.354. The third-order valence-corrected chi connectivity index (χ3v) is 1.99. The van der Waals surface area contributed by atoms with Crippen LogP contribution in [0.3, 0.4) is 0 Å². The molecular formula is C11H26N2O. The first-order valence-electron chi connectivity index (χ1n) is 5.56. The summed E-state index contributed by atoms with van der Waals surface area (Å²) in [5.41, 5.74) is 5.41. The van der Waals surface area contributed by atoms with E-state index in [1.54, 1.807) is 0 Å². The van der Waals surface area contributed by atoms with E-state index < -0.39 is 0 Å². The highest BCUT2D eigenvalue weighted by molar-refractivity contribution is 4.67. The lowest BCUT2D eigenvalue weighted by Crippen LogP contribution is -2.40. The van der Waals surface area contributed by atoms with Crippen LogP contribution < -0.4 is 5.73 Å². The fourth-order valence-corrected chi connectivity index (χ4v) is 1.63. The predicted octanol–water partition coefficient (Wildman–Crippen LogP) is 0.920. The van der Waals surface area contributed by atoms with Crippen LogP contribution in [0.5, 0.6) is 0 Å². The van der Waals surface area contributed by atoms with E-state index >= 15 is 0 Å². The van der Waals surface area contributed by atoms with Crippen LogP contribution in [-0.4, -0.2) is 42.3 Å². The summed E-state index contributed by atoms with van der Waals surface area (Å²) in [6, 6.07) is 0. The molecule has 0 aliphatic carbocycles. The second kappa shape index (κ2) is 7.21. The standard InChI is InChI=1S/C11H26N2O/c1-9(2)6-13(7-10(3)4)8-11(14)5-12/h9-11,14H,5-8,12H2,1-4H3. The molecule has 86 valence electrons. The largest absolute Gasteiger partial charge is 0.390 e. The molecule has 0 spiro atoms. The maximum absolute atomic E-state index is 9.49. The molecule has 0 aliphatic heterocycles. The summed E-state index contributed by atoms with van der Waals surface area (Å²) in [6.45, 7) is 11.9. The van der Waals surface area contributed by atoms with Crippen molar-refractivity contribution in [3.8, 4) is 0 Å². The lowest BCUT2D eigenvalue weighted by Gasteiger charge is -2.27. The first-order valence-corrected chi connectivity index (χ1v) is 5.56. The summed E-state index contributed by atoms with van der Waals surface area (Å²) in [5.74, 6) is 1.28. The van der Waals surface area contributed by atoms with Gasteiger partial charge in [0.1, 0.15) is 0 Å². The summed E-state index contributed by atoms with van der Waals surface area (Å²) >= 11 is 0. The Balaban J connectivity index is 3.96. The highest BCUT2D eigenvalue weighted by Gasteiger charge is 2.12. The van der Waals surface area contributed by atoms with Crippen molar-refractivity contribution < 1.29 is 5.11 Å². The van der Waals surface area contributed by atoms with Crippen LogP contribution in [0.2, 0.25) is 0 Å². The van der Waals surface area contributed by atoms with E-state index in [-0.39, 0.29) is 6.10 Å². The zero-order valence-corrected chi connectivity index (χ0v) is 10.0. The van der Waals surface area contributed by atoms with Crippen LogP contribution >= 0.6 is 0 Å². The van der Waals surface area contributed by atoms with Gasteiger partial charge in [-0.3, -0.25) is 0 Å². The first-order chi connectivity index (χ1) is 6.45. The average Bonchev–Trinajstić information content (AvgIpc) is 2.01. The summed E-state index contributed by atoms with van der Waals surface area (Å²) in [5, 5.41) is 9.49. The molecule has 0 bridgehead atoms. The second-order valence-corrected chi connectivity index (χ2v) is 4.90. The van der Waals surface area contributed by atoms with Crippen LogP contribution in [0.1, 0.15) is 27.7 Å². The summed E-state index contributed by atoms with van der Waals surface area (Å²) < 4.78 is 0. The number of nitrogens with two attached hydrogens (primary N) is 1. The Kier molecular flexibility index (Phi) is 7.15. The van der Waals surface area contributed by atoms with Crippen molar-refractivity contribution in [1.29, 1.82) is 0 Å². The van der Waals surface area contributed by atoms with Crippen LogP contribution in [-0.2, 0) is 0 Å². The zero-order valence-electron chi connectivity index (χ0n) is 10.0. The zero-order chi connectivity index (χ0) is 11.1. The van der Waals surface area contributed by atoms with E-state index in [2.05, 4.69) is 32.6 Å². The molecule has 0 fully saturated rings. The number of nitrogens with zero attached hydrogens (tertiary/aromatic N) is 1. The Hall–Kier alpha value is -0.120. The van der Waals surface area contributed by atoms with Gasteiger partial charge >= 0.3 is 0 Å². The smallest absolute Gasteiger partial charge is 0.0789 e. The van der Waals surface area contributed by atoms with Crippen LogP contribution in [0.15, 0.2) is 0 Å². The molecule has 0 rings (SSSR count). The van der Waals surface area contributed by atoms with Crippen molar-refractivity contribution in [3.05, 3.63) is 0 Å². The van der Waals surface area contributed by atoms with Gasteiger partial charge < -0.3 is 15.7 Å². The first kappa shape index (κ1) is 13.9. The van der Waals surface area contributed by atoms with Gasteiger partial charge in [0.15, 0.2) is 0 Å². The van der Waals surface area contributed by atoms with E-state index in [9.17, 15) is 5.11 Å². The Morgan fingerprint density at radius 3 is 1.71 bits per heavy atom. The van der Waals surface area contributed by atoms with Gasteiger partial charge in [0.05, 0.1) is 6.10 Å². The molecule has 0 amide bonds. The molecule has 0 radical (unpaired) electrons. The van der Waals surface area contributed by atoms with Crippen LogP contribution in [0.25, 0.3) is 0 Å². The topological polar surface area (TPSA) is 49.5 Å². The second-order valence-electron chi connectivity index (χ2n) is 4.90. The van der Waals surface area contributed by atoms with Gasteiger partial charge in [-0.05, 0) is 11.8 Å². The third-order valence-electron chi connectivity index (χ3n) is 1.99. The van der Waals surface area contributed by atoms with E-state index in [0.29, 0.717) is 24.9 Å². The van der Waals surface area contributed by atoms with Crippen molar-refractivity contribution >= 4 is 0 Å². The molecule has 0 saturated heterocycles. The SMILES string of the molecule is CC(C)CN(CC(C)C)CC(O)CN. The number of hydrogen-bond acceptors (Lipinski definition) is 3. The van der Waals surface area contributed by atoms with Gasteiger partial charge in [-0.2, -0.15) is 0 Å². The minimum Gasteiger partial charge on any atom is -0.390 e. The monoisotopic (exact) mass is 202 g/mol. The molecule has 1 unspecified atom stereocenters. The molecule has 0 heterocycles. The molecule has 0 aliphatic rings. The van der Waals surface area contributed by atoms with Gasteiger partial charge in [-0.1, -0.05) is 27.7 Å². The maximum Gasteiger partial charge on any atom is 0.0789 e. The van der Waals surface area contributed by atoms with Crippen molar-refractivity contribution in [3.63, 3.8) is 0 Å². The Bertz CT molecular complexity index is 127. The molecule has 3 heteroatoms. The van der Waals surface area contributed by atoms with E-state index in [0.717, 1.165) is 13.1 Å². The van der Waals surface area contributed by atoms with E-state index in [1.807, 2.05) is 0 Å². The summed E-state index contributed by atoms with van der Waals surface area (Å²) in [7, 11) is 0. The fourth-order valence-electron chi connectivity index (χ4n) is 1.63. The third kappa shape index (κ3) is 7.30. The van der Waals surface area contributed by atoms with Crippen molar-refractivity contribution in [2.45, 2.75) is 33.8 Å². The van der Waals surface area contributed by atoms with Crippen molar-refractivity contribution in [2.24, 2.45) is 17.6 Å². The maximum atomic E-state index is 9.49. The van der Waals surface area contributed by atoms with Gasteiger partial charge in [-0.25, -0.2) is 0 Å². The molecule has 3 nitrogen and oxygen atoms in total. The number of rotatable bonds is 7. The Morgan fingerprint density at radius 1 is 1.00 bits per heavy atom. The molecule has 0 aromatic heterocycles. The lowest BCUT2D eigenvalue weighted by atomic mass is 10.1. The van der Waals surface area contributed by atoms with Gasteiger partial charge in [0.2, 0.25) is 0 Å². The minimum atomic E-state index is -0.382. The van der Waals surface area contributed by atoms with Crippen LogP contribution in [0.4, 0.5) is 0 Å². The summed E-state index contributed by atoms with van der Waals surface area (Å²) in [6.07, 6.45) is -0.382. The van der Waals surface area contributed by atoms with Gasteiger partial charge in [0, 0.05) is 26.2 Å². The molecule has 0 saturated carbocycles. The molecule has 0 aromatic carbocycles. The summed E-state index contributed by atoms with van der Waals surface area (Å²) in [4.78, 5) is 2.30. The number of hydrogen-bond donors (Lipinski definition) is 2. The normalized spacial score (nSPS) is 14.4. The quantitative estimate of drug-likeness (QED) is 0.645. The van der Waals surface area contributed by atoms with Crippen molar-refractivity contribution in [1.82, 2.24) is 4.90 Å². The molecule has 14 heavy (non-hydrogen) atoms. The predicted molar refractivity (Wildman–Crippen MR) is 61.2 cm³/mol. The average molecular weight is 202 g/mol. The van der Waals surface area contributed by atoms with Crippen molar-refractivity contribution in [2.75, 3.05) is 26.2 Å². The van der Waals surface area contributed by atoms with Gasteiger partial charge in [0.25, 0.3) is 0 Å². The van der Waals surface area contributed by atoms with Gasteiger partial charge in [-0.15, -0.1) is 0 Å². The Labute approximate surface area is 88.3 Å².